The quantitative estimate of drug-likeness (QED) is 0.896. The summed E-state index contributed by atoms with van der Waals surface area (Å²) in [4.78, 5) is 5.19. The summed E-state index contributed by atoms with van der Waals surface area (Å²) in [6.07, 6.45) is 4.50. The second-order valence-corrected chi connectivity index (χ2v) is 5.83. The molecule has 4 heteroatoms. The number of piperazine rings is 1. The molecule has 1 aromatic rings. The maximum atomic E-state index is 5.72. The highest BCUT2D eigenvalue weighted by molar-refractivity contribution is 5.07. The minimum absolute atomic E-state index is 0.408. The van der Waals surface area contributed by atoms with E-state index in [1.165, 1.54) is 25.9 Å². The van der Waals surface area contributed by atoms with Crippen molar-refractivity contribution >= 4 is 0 Å². The molecule has 1 aromatic heterocycles. The molecule has 3 heterocycles. The standard InChI is InChI=1S/C15H25N3O/c1-13-11-16-6-9-18(13)14(15-5-4-10-19-15)12-17-7-2-3-8-17/h4-5,10,13-14,16H,2-3,6-9,11-12H2,1H3. The molecular formula is C15H25N3O. The number of hydrogen-bond donors (Lipinski definition) is 1. The summed E-state index contributed by atoms with van der Waals surface area (Å²) in [6, 6.07) is 5.13. The summed E-state index contributed by atoms with van der Waals surface area (Å²) in [5.74, 6) is 1.13. The van der Waals surface area contributed by atoms with Crippen molar-refractivity contribution in [2.24, 2.45) is 0 Å². The van der Waals surface area contributed by atoms with Gasteiger partial charge in [-0.25, -0.2) is 0 Å². The maximum absolute atomic E-state index is 5.72. The molecule has 0 saturated carbocycles. The van der Waals surface area contributed by atoms with Crippen LogP contribution in [0.5, 0.6) is 0 Å². The molecule has 2 fully saturated rings. The third kappa shape index (κ3) is 3.02. The number of rotatable bonds is 4. The number of hydrogen-bond acceptors (Lipinski definition) is 4. The maximum Gasteiger partial charge on any atom is 0.122 e. The number of nitrogens with zero attached hydrogens (tertiary/aromatic N) is 2. The monoisotopic (exact) mass is 263 g/mol. The van der Waals surface area contributed by atoms with Crippen LogP contribution in [-0.4, -0.2) is 55.1 Å². The molecule has 2 aliphatic heterocycles. The normalized spacial score (nSPS) is 27.7. The van der Waals surface area contributed by atoms with Gasteiger partial charge in [0, 0.05) is 32.2 Å². The minimum Gasteiger partial charge on any atom is -0.468 e. The van der Waals surface area contributed by atoms with E-state index in [-0.39, 0.29) is 0 Å². The molecule has 3 rings (SSSR count). The van der Waals surface area contributed by atoms with Crippen molar-refractivity contribution in [1.29, 1.82) is 0 Å². The predicted octanol–water partition coefficient (Wildman–Crippen LogP) is 1.71. The van der Waals surface area contributed by atoms with Crippen LogP contribution in [0.25, 0.3) is 0 Å². The second-order valence-electron chi connectivity index (χ2n) is 5.83. The van der Waals surface area contributed by atoms with Crippen LogP contribution in [0.3, 0.4) is 0 Å². The van der Waals surface area contributed by atoms with Gasteiger partial charge in [-0.3, -0.25) is 4.90 Å². The second kappa shape index (κ2) is 6.07. The molecule has 2 saturated heterocycles. The van der Waals surface area contributed by atoms with E-state index in [1.54, 1.807) is 6.26 Å². The lowest BCUT2D eigenvalue weighted by molar-refractivity contribution is 0.0779. The Morgan fingerprint density at radius 2 is 2.21 bits per heavy atom. The Bertz CT molecular complexity index is 373. The molecule has 0 spiro atoms. The zero-order valence-electron chi connectivity index (χ0n) is 11.8. The fraction of sp³-hybridized carbons (Fsp3) is 0.733. The Morgan fingerprint density at radius 3 is 2.89 bits per heavy atom. The Kier molecular flexibility index (Phi) is 4.21. The van der Waals surface area contributed by atoms with Gasteiger partial charge in [0.1, 0.15) is 5.76 Å². The molecule has 2 aliphatic rings. The zero-order valence-corrected chi connectivity index (χ0v) is 11.8. The van der Waals surface area contributed by atoms with E-state index in [4.69, 9.17) is 4.42 Å². The topological polar surface area (TPSA) is 31.6 Å². The Balaban J connectivity index is 1.75. The van der Waals surface area contributed by atoms with E-state index in [1.807, 2.05) is 6.07 Å². The van der Waals surface area contributed by atoms with E-state index in [2.05, 4.69) is 28.1 Å². The van der Waals surface area contributed by atoms with E-state index in [9.17, 15) is 0 Å². The smallest absolute Gasteiger partial charge is 0.122 e. The third-order valence-corrected chi connectivity index (χ3v) is 4.45. The van der Waals surface area contributed by atoms with Crippen LogP contribution >= 0.6 is 0 Å². The summed E-state index contributed by atoms with van der Waals surface area (Å²) in [5, 5.41) is 3.47. The van der Waals surface area contributed by atoms with E-state index >= 15 is 0 Å². The van der Waals surface area contributed by atoms with Crippen LogP contribution < -0.4 is 5.32 Å². The van der Waals surface area contributed by atoms with Crippen molar-refractivity contribution < 1.29 is 4.42 Å². The van der Waals surface area contributed by atoms with Gasteiger partial charge in [-0.05, 0) is 45.0 Å². The third-order valence-electron chi connectivity index (χ3n) is 4.45. The van der Waals surface area contributed by atoms with Crippen molar-refractivity contribution in [2.45, 2.75) is 31.8 Å². The van der Waals surface area contributed by atoms with Crippen LogP contribution in [0.1, 0.15) is 31.6 Å². The van der Waals surface area contributed by atoms with Crippen LogP contribution in [-0.2, 0) is 0 Å². The summed E-state index contributed by atoms with van der Waals surface area (Å²) in [6.45, 7) is 9.19. The van der Waals surface area contributed by atoms with Gasteiger partial charge in [-0.1, -0.05) is 0 Å². The van der Waals surface area contributed by atoms with Crippen LogP contribution in [0.15, 0.2) is 22.8 Å². The lowest BCUT2D eigenvalue weighted by atomic mass is 10.1. The first-order valence-corrected chi connectivity index (χ1v) is 7.57. The zero-order chi connectivity index (χ0) is 13.1. The average Bonchev–Trinajstić information content (AvgIpc) is 3.10. The fourth-order valence-corrected chi connectivity index (χ4v) is 3.37. The molecule has 2 unspecified atom stereocenters. The molecule has 0 amide bonds. The van der Waals surface area contributed by atoms with E-state index in [0.29, 0.717) is 12.1 Å². The molecule has 4 nitrogen and oxygen atoms in total. The highest BCUT2D eigenvalue weighted by Crippen LogP contribution is 2.26. The van der Waals surface area contributed by atoms with Crippen molar-refractivity contribution in [3.8, 4) is 0 Å². The van der Waals surface area contributed by atoms with Gasteiger partial charge < -0.3 is 14.6 Å². The summed E-state index contributed by atoms with van der Waals surface area (Å²) < 4.78 is 5.72. The minimum atomic E-state index is 0.408. The molecule has 0 bridgehead atoms. The summed E-state index contributed by atoms with van der Waals surface area (Å²) in [7, 11) is 0. The lowest BCUT2D eigenvalue weighted by Crippen LogP contribution is -2.52. The Labute approximate surface area is 115 Å². The van der Waals surface area contributed by atoms with Gasteiger partial charge >= 0.3 is 0 Å². The van der Waals surface area contributed by atoms with Crippen molar-refractivity contribution in [3.63, 3.8) is 0 Å². The molecular weight excluding hydrogens is 238 g/mol. The first-order valence-electron chi connectivity index (χ1n) is 7.57. The summed E-state index contributed by atoms with van der Waals surface area (Å²) in [5.41, 5.74) is 0. The van der Waals surface area contributed by atoms with Gasteiger partial charge in [0.25, 0.3) is 0 Å². The van der Waals surface area contributed by atoms with Crippen molar-refractivity contribution in [1.82, 2.24) is 15.1 Å². The highest BCUT2D eigenvalue weighted by Gasteiger charge is 2.30. The Hall–Kier alpha value is -0.840. The van der Waals surface area contributed by atoms with E-state index < -0.39 is 0 Å². The molecule has 0 aliphatic carbocycles. The first kappa shape index (κ1) is 13.2. The van der Waals surface area contributed by atoms with Crippen LogP contribution in [0.4, 0.5) is 0 Å². The van der Waals surface area contributed by atoms with Crippen LogP contribution in [0.2, 0.25) is 0 Å². The molecule has 0 radical (unpaired) electrons. The van der Waals surface area contributed by atoms with Crippen LogP contribution in [0, 0.1) is 0 Å². The van der Waals surface area contributed by atoms with Gasteiger partial charge in [0.2, 0.25) is 0 Å². The predicted molar refractivity (Wildman–Crippen MR) is 76.2 cm³/mol. The number of likely N-dealkylation sites (tertiary alicyclic amines) is 1. The number of nitrogens with one attached hydrogen (secondary N) is 1. The highest BCUT2D eigenvalue weighted by atomic mass is 16.3. The van der Waals surface area contributed by atoms with Crippen molar-refractivity contribution in [2.75, 3.05) is 39.3 Å². The van der Waals surface area contributed by atoms with E-state index in [0.717, 1.165) is 31.9 Å². The SMILES string of the molecule is CC1CNCCN1C(CN1CCCC1)c1ccco1. The molecule has 0 aromatic carbocycles. The largest absolute Gasteiger partial charge is 0.468 e. The first-order chi connectivity index (χ1) is 9.34. The summed E-state index contributed by atoms with van der Waals surface area (Å²) >= 11 is 0. The van der Waals surface area contributed by atoms with Gasteiger partial charge in [0.05, 0.1) is 12.3 Å². The molecule has 19 heavy (non-hydrogen) atoms. The number of furan rings is 1. The molecule has 106 valence electrons. The van der Waals surface area contributed by atoms with Crippen molar-refractivity contribution in [3.05, 3.63) is 24.2 Å². The fourth-order valence-electron chi connectivity index (χ4n) is 3.37. The molecule has 2 atom stereocenters. The molecule has 1 N–H and O–H groups in total. The van der Waals surface area contributed by atoms with Gasteiger partial charge in [0.15, 0.2) is 0 Å². The lowest BCUT2D eigenvalue weighted by Gasteiger charge is -2.40. The average molecular weight is 263 g/mol. The van der Waals surface area contributed by atoms with Gasteiger partial charge in [-0.2, -0.15) is 0 Å². The van der Waals surface area contributed by atoms with Gasteiger partial charge in [-0.15, -0.1) is 0 Å². The Morgan fingerprint density at radius 1 is 1.37 bits per heavy atom.